The average molecular weight is 291 g/mol. The first-order valence-corrected chi connectivity index (χ1v) is 8.30. The van der Waals surface area contributed by atoms with Crippen LogP contribution in [0, 0.1) is 0 Å². The van der Waals surface area contributed by atoms with Crippen molar-refractivity contribution in [2.45, 2.75) is 12.8 Å². The number of benzene rings is 2. The highest BCUT2D eigenvalue weighted by Gasteiger charge is 2.17. The van der Waals surface area contributed by atoms with Gasteiger partial charge >= 0.3 is 0 Å². The minimum Gasteiger partial charge on any atom is -0.385 e. The lowest BCUT2D eigenvalue weighted by Gasteiger charge is -2.08. The third-order valence-corrected chi connectivity index (χ3v) is 4.85. The summed E-state index contributed by atoms with van der Waals surface area (Å²) in [5, 5.41) is 7.91. The fourth-order valence-corrected chi connectivity index (χ4v) is 3.74. The molecule has 0 aliphatic heterocycles. The molecular weight excluding hydrogens is 274 g/mol. The smallest absolute Gasteiger partial charge is 0.0343 e. The Bertz CT molecular complexity index is 759. The Labute approximate surface area is 129 Å². The molecule has 1 aliphatic carbocycles. The van der Waals surface area contributed by atoms with Crippen molar-refractivity contribution in [1.29, 1.82) is 0 Å². The maximum absolute atomic E-state index is 3.54. The van der Waals surface area contributed by atoms with Crippen LogP contribution in [0.2, 0.25) is 0 Å². The van der Waals surface area contributed by atoms with E-state index in [4.69, 9.17) is 0 Å². The summed E-state index contributed by atoms with van der Waals surface area (Å²) in [6.45, 7) is 0.989. The Morgan fingerprint density at radius 3 is 2.76 bits per heavy atom. The lowest BCUT2D eigenvalue weighted by atomic mass is 10.1. The molecule has 1 heterocycles. The molecule has 0 fully saturated rings. The second kappa shape index (κ2) is 5.38. The molecule has 0 spiro atoms. The number of rotatable bonds is 4. The molecule has 1 aromatic heterocycles. The number of hydrogen-bond acceptors (Lipinski definition) is 2. The fourth-order valence-electron chi connectivity index (χ4n) is 3.04. The van der Waals surface area contributed by atoms with E-state index < -0.39 is 0 Å². The van der Waals surface area contributed by atoms with Gasteiger partial charge < -0.3 is 5.32 Å². The Morgan fingerprint density at radius 1 is 0.952 bits per heavy atom. The van der Waals surface area contributed by atoms with Gasteiger partial charge in [-0.1, -0.05) is 30.3 Å². The van der Waals surface area contributed by atoms with E-state index in [1.807, 2.05) is 0 Å². The maximum Gasteiger partial charge on any atom is 0.0343 e. The van der Waals surface area contributed by atoms with Gasteiger partial charge in [-0.05, 0) is 69.6 Å². The van der Waals surface area contributed by atoms with Gasteiger partial charge in [-0.3, -0.25) is 0 Å². The molecule has 1 nitrogen and oxygen atoms in total. The first-order chi connectivity index (χ1) is 10.4. The molecule has 21 heavy (non-hydrogen) atoms. The zero-order valence-electron chi connectivity index (χ0n) is 11.8. The predicted molar refractivity (Wildman–Crippen MR) is 91.2 cm³/mol. The number of thiophene rings is 1. The molecule has 0 radical (unpaired) electrons. The fraction of sp³-hybridized carbons (Fsp3) is 0.158. The quantitative estimate of drug-likeness (QED) is 0.559. The van der Waals surface area contributed by atoms with Crippen LogP contribution in [0.1, 0.15) is 16.7 Å². The van der Waals surface area contributed by atoms with E-state index in [-0.39, 0.29) is 0 Å². The topological polar surface area (TPSA) is 12.0 Å². The molecule has 1 aliphatic rings. The molecule has 1 N–H and O–H groups in total. The van der Waals surface area contributed by atoms with Crippen LogP contribution in [-0.2, 0) is 12.8 Å². The van der Waals surface area contributed by atoms with Crippen molar-refractivity contribution in [3.05, 3.63) is 76.0 Å². The summed E-state index contributed by atoms with van der Waals surface area (Å²) in [6, 6.07) is 17.7. The van der Waals surface area contributed by atoms with Gasteiger partial charge in [0, 0.05) is 12.2 Å². The Hall–Kier alpha value is -2.06. The lowest BCUT2D eigenvalue weighted by Crippen LogP contribution is -2.04. The molecule has 2 aromatic carbocycles. The van der Waals surface area contributed by atoms with Gasteiger partial charge in [0.25, 0.3) is 0 Å². The van der Waals surface area contributed by atoms with Crippen LogP contribution in [0.15, 0.2) is 59.3 Å². The van der Waals surface area contributed by atoms with Crippen molar-refractivity contribution < 1.29 is 0 Å². The predicted octanol–water partition coefficient (Wildman–Crippen LogP) is 4.97. The number of nitrogens with one attached hydrogen (secondary N) is 1. The van der Waals surface area contributed by atoms with Crippen LogP contribution in [0.5, 0.6) is 0 Å². The second-order valence-electron chi connectivity index (χ2n) is 5.51. The van der Waals surface area contributed by atoms with Crippen LogP contribution >= 0.6 is 11.3 Å². The van der Waals surface area contributed by atoms with Gasteiger partial charge in [0.15, 0.2) is 0 Å². The van der Waals surface area contributed by atoms with E-state index in [2.05, 4.69) is 64.6 Å². The maximum atomic E-state index is 3.54. The molecule has 4 rings (SSSR count). The molecule has 0 unspecified atom stereocenters. The minimum absolute atomic E-state index is 0.989. The monoisotopic (exact) mass is 291 g/mol. The Morgan fingerprint density at radius 2 is 1.86 bits per heavy atom. The van der Waals surface area contributed by atoms with Crippen molar-refractivity contribution in [2.24, 2.45) is 0 Å². The van der Waals surface area contributed by atoms with Crippen LogP contribution in [0.25, 0.3) is 11.1 Å². The summed E-state index contributed by atoms with van der Waals surface area (Å²) in [5.74, 6) is 0. The molecular formula is C19H17NS. The van der Waals surface area contributed by atoms with Gasteiger partial charge in [0.2, 0.25) is 0 Å². The summed E-state index contributed by atoms with van der Waals surface area (Å²) in [4.78, 5) is 0. The molecule has 0 bridgehead atoms. The Balaban J connectivity index is 1.48. The van der Waals surface area contributed by atoms with Gasteiger partial charge in [-0.25, -0.2) is 0 Å². The third kappa shape index (κ3) is 2.47. The van der Waals surface area contributed by atoms with Crippen LogP contribution < -0.4 is 5.32 Å². The normalized spacial score (nSPS) is 12.0. The van der Waals surface area contributed by atoms with Crippen molar-refractivity contribution in [1.82, 2.24) is 0 Å². The first-order valence-electron chi connectivity index (χ1n) is 7.36. The zero-order valence-corrected chi connectivity index (χ0v) is 12.6. The number of anilines is 1. The standard InChI is InChI=1S/C19H17NS/c1-2-4-18-15(3-1)11-16-12-17(5-6-19(16)18)20-9-7-14-8-10-21-13-14/h1-6,8,10,12-13,20H,7,9,11H2. The molecule has 0 saturated heterocycles. The molecule has 0 atom stereocenters. The summed E-state index contributed by atoms with van der Waals surface area (Å²) in [5.41, 5.74) is 8.34. The molecule has 3 aromatic rings. The summed E-state index contributed by atoms with van der Waals surface area (Å²) in [7, 11) is 0. The van der Waals surface area contributed by atoms with Crippen molar-refractivity contribution in [3.63, 3.8) is 0 Å². The third-order valence-electron chi connectivity index (χ3n) is 4.12. The van der Waals surface area contributed by atoms with Gasteiger partial charge in [-0.2, -0.15) is 11.3 Å². The molecule has 104 valence electrons. The minimum atomic E-state index is 0.989. The van der Waals surface area contributed by atoms with Gasteiger partial charge in [-0.15, -0.1) is 0 Å². The van der Waals surface area contributed by atoms with Crippen LogP contribution in [0.4, 0.5) is 5.69 Å². The van der Waals surface area contributed by atoms with E-state index in [0.717, 1.165) is 19.4 Å². The summed E-state index contributed by atoms with van der Waals surface area (Å²) in [6.07, 6.45) is 2.15. The largest absolute Gasteiger partial charge is 0.385 e. The van der Waals surface area contributed by atoms with E-state index in [1.54, 1.807) is 11.3 Å². The second-order valence-corrected chi connectivity index (χ2v) is 6.29. The van der Waals surface area contributed by atoms with Crippen LogP contribution in [-0.4, -0.2) is 6.54 Å². The molecule has 0 saturated carbocycles. The highest BCUT2D eigenvalue weighted by molar-refractivity contribution is 7.07. The first kappa shape index (κ1) is 12.7. The highest BCUT2D eigenvalue weighted by Crippen LogP contribution is 2.37. The van der Waals surface area contributed by atoms with E-state index in [0.29, 0.717) is 0 Å². The lowest BCUT2D eigenvalue weighted by molar-refractivity contribution is 1.03. The highest BCUT2D eigenvalue weighted by atomic mass is 32.1. The van der Waals surface area contributed by atoms with Crippen molar-refractivity contribution in [2.75, 3.05) is 11.9 Å². The van der Waals surface area contributed by atoms with Gasteiger partial charge in [0.1, 0.15) is 0 Å². The van der Waals surface area contributed by atoms with E-state index >= 15 is 0 Å². The summed E-state index contributed by atoms with van der Waals surface area (Å²) >= 11 is 1.77. The molecule has 2 heteroatoms. The van der Waals surface area contributed by atoms with Gasteiger partial charge in [0.05, 0.1) is 0 Å². The van der Waals surface area contributed by atoms with E-state index in [9.17, 15) is 0 Å². The van der Waals surface area contributed by atoms with Crippen molar-refractivity contribution >= 4 is 17.0 Å². The van der Waals surface area contributed by atoms with Crippen molar-refractivity contribution in [3.8, 4) is 11.1 Å². The Kier molecular flexibility index (Phi) is 3.24. The van der Waals surface area contributed by atoms with E-state index in [1.165, 1.54) is 33.5 Å². The number of hydrogen-bond donors (Lipinski definition) is 1. The number of fused-ring (bicyclic) bond motifs is 3. The SMILES string of the molecule is c1ccc2c(c1)Cc1cc(NCCc3ccsc3)ccc1-2. The molecule has 0 amide bonds. The average Bonchev–Trinajstić information content (AvgIpc) is 3.13. The summed E-state index contributed by atoms with van der Waals surface area (Å²) < 4.78 is 0. The van der Waals surface area contributed by atoms with Crippen LogP contribution in [0.3, 0.4) is 0 Å². The zero-order chi connectivity index (χ0) is 14.1.